The standard InChI is InChI=1S/C16H15ClO2/c1-2-19-14-10-6-9-13(11-14)16(18)15(17)12-7-4-3-5-8-12/h3-11,15H,2H2,1H3. The Balaban J connectivity index is 2.22. The van der Waals surface area contributed by atoms with Crippen molar-refractivity contribution in [3.05, 3.63) is 65.7 Å². The van der Waals surface area contributed by atoms with Crippen molar-refractivity contribution in [2.75, 3.05) is 6.61 Å². The van der Waals surface area contributed by atoms with Crippen molar-refractivity contribution in [3.63, 3.8) is 0 Å². The van der Waals surface area contributed by atoms with E-state index >= 15 is 0 Å². The van der Waals surface area contributed by atoms with Gasteiger partial charge in [-0.1, -0.05) is 42.5 Å². The van der Waals surface area contributed by atoms with E-state index in [4.69, 9.17) is 16.3 Å². The molecule has 98 valence electrons. The van der Waals surface area contributed by atoms with Gasteiger partial charge in [-0.15, -0.1) is 11.6 Å². The van der Waals surface area contributed by atoms with Gasteiger partial charge >= 0.3 is 0 Å². The van der Waals surface area contributed by atoms with Crippen LogP contribution < -0.4 is 4.74 Å². The van der Waals surface area contributed by atoms with Crippen LogP contribution in [0.4, 0.5) is 0 Å². The van der Waals surface area contributed by atoms with Gasteiger partial charge in [-0.05, 0) is 24.6 Å². The first kappa shape index (κ1) is 13.6. The molecule has 2 nitrogen and oxygen atoms in total. The van der Waals surface area contributed by atoms with Crippen LogP contribution in [-0.4, -0.2) is 12.4 Å². The lowest BCUT2D eigenvalue weighted by Gasteiger charge is -2.10. The number of hydrogen-bond donors (Lipinski definition) is 0. The number of alkyl halides is 1. The Morgan fingerprint density at radius 2 is 1.89 bits per heavy atom. The zero-order valence-corrected chi connectivity index (χ0v) is 11.4. The molecule has 0 fully saturated rings. The molecule has 0 saturated heterocycles. The SMILES string of the molecule is CCOc1cccc(C(=O)C(Cl)c2ccccc2)c1. The van der Waals surface area contributed by atoms with Crippen LogP contribution in [-0.2, 0) is 0 Å². The van der Waals surface area contributed by atoms with Crippen molar-refractivity contribution in [3.8, 4) is 5.75 Å². The summed E-state index contributed by atoms with van der Waals surface area (Å²) < 4.78 is 5.39. The third kappa shape index (κ3) is 3.36. The molecular weight excluding hydrogens is 260 g/mol. The maximum absolute atomic E-state index is 12.3. The summed E-state index contributed by atoms with van der Waals surface area (Å²) in [5.74, 6) is 0.569. The zero-order valence-electron chi connectivity index (χ0n) is 10.7. The van der Waals surface area contributed by atoms with Crippen molar-refractivity contribution in [1.82, 2.24) is 0 Å². The van der Waals surface area contributed by atoms with Gasteiger partial charge in [0.05, 0.1) is 6.61 Å². The van der Waals surface area contributed by atoms with Crippen LogP contribution >= 0.6 is 11.6 Å². The predicted octanol–water partition coefficient (Wildman–Crippen LogP) is 4.25. The predicted molar refractivity (Wildman–Crippen MR) is 77.0 cm³/mol. The lowest BCUT2D eigenvalue weighted by atomic mass is 10.0. The largest absolute Gasteiger partial charge is 0.494 e. The Morgan fingerprint density at radius 3 is 2.58 bits per heavy atom. The molecule has 0 N–H and O–H groups in total. The van der Waals surface area contributed by atoms with Gasteiger partial charge in [0, 0.05) is 5.56 Å². The van der Waals surface area contributed by atoms with Gasteiger partial charge in [-0.3, -0.25) is 4.79 Å². The fraction of sp³-hybridized carbons (Fsp3) is 0.188. The van der Waals surface area contributed by atoms with Crippen LogP contribution in [0.25, 0.3) is 0 Å². The lowest BCUT2D eigenvalue weighted by molar-refractivity contribution is 0.0986. The molecular formula is C16H15ClO2. The fourth-order valence-corrected chi connectivity index (χ4v) is 2.10. The van der Waals surface area contributed by atoms with Gasteiger partial charge in [0.25, 0.3) is 0 Å². The van der Waals surface area contributed by atoms with Crippen LogP contribution in [0.15, 0.2) is 54.6 Å². The highest BCUT2D eigenvalue weighted by Crippen LogP contribution is 2.26. The highest BCUT2D eigenvalue weighted by atomic mass is 35.5. The molecule has 19 heavy (non-hydrogen) atoms. The first-order chi connectivity index (χ1) is 9.22. The van der Waals surface area contributed by atoms with Gasteiger partial charge in [0.2, 0.25) is 0 Å². The van der Waals surface area contributed by atoms with E-state index in [-0.39, 0.29) is 5.78 Å². The quantitative estimate of drug-likeness (QED) is 0.602. The Kier molecular flexibility index (Phi) is 4.58. The van der Waals surface area contributed by atoms with E-state index in [0.717, 1.165) is 5.56 Å². The van der Waals surface area contributed by atoms with Crippen LogP contribution in [0, 0.1) is 0 Å². The average Bonchev–Trinajstić information content (AvgIpc) is 2.47. The third-order valence-corrected chi connectivity index (χ3v) is 3.20. The second kappa shape index (κ2) is 6.39. The molecule has 0 saturated carbocycles. The normalized spacial score (nSPS) is 11.9. The number of Topliss-reactive ketones (excluding diaryl/α,β-unsaturated/α-hetero) is 1. The maximum atomic E-state index is 12.3. The average molecular weight is 275 g/mol. The summed E-state index contributed by atoms with van der Waals surface area (Å²) in [6.45, 7) is 2.48. The van der Waals surface area contributed by atoms with Gasteiger partial charge in [-0.2, -0.15) is 0 Å². The Bertz CT molecular complexity index is 552. The molecule has 0 spiro atoms. The summed E-state index contributed by atoms with van der Waals surface area (Å²) in [7, 11) is 0. The molecule has 2 aromatic carbocycles. The topological polar surface area (TPSA) is 26.3 Å². The minimum Gasteiger partial charge on any atom is -0.494 e. The summed E-state index contributed by atoms with van der Waals surface area (Å²) in [6, 6.07) is 16.4. The molecule has 1 unspecified atom stereocenters. The summed E-state index contributed by atoms with van der Waals surface area (Å²) >= 11 is 6.23. The summed E-state index contributed by atoms with van der Waals surface area (Å²) in [5, 5.41) is -0.668. The van der Waals surface area contributed by atoms with Crippen LogP contribution in [0.2, 0.25) is 0 Å². The van der Waals surface area contributed by atoms with Crippen molar-refractivity contribution in [2.24, 2.45) is 0 Å². The highest BCUT2D eigenvalue weighted by molar-refractivity contribution is 6.33. The van der Waals surface area contributed by atoms with E-state index in [2.05, 4.69) is 0 Å². The van der Waals surface area contributed by atoms with Crippen molar-refractivity contribution in [1.29, 1.82) is 0 Å². The highest BCUT2D eigenvalue weighted by Gasteiger charge is 2.19. The molecule has 2 rings (SSSR count). The Hall–Kier alpha value is -1.80. The molecule has 0 aliphatic carbocycles. The molecule has 0 amide bonds. The van der Waals surface area contributed by atoms with Gasteiger partial charge in [-0.25, -0.2) is 0 Å². The summed E-state index contributed by atoms with van der Waals surface area (Å²) in [6.07, 6.45) is 0. The molecule has 0 heterocycles. The molecule has 1 atom stereocenters. The molecule has 0 bridgehead atoms. The van der Waals surface area contributed by atoms with Crippen LogP contribution in [0.5, 0.6) is 5.75 Å². The summed E-state index contributed by atoms with van der Waals surface area (Å²) in [4.78, 5) is 12.3. The maximum Gasteiger partial charge on any atom is 0.185 e. The number of hydrogen-bond acceptors (Lipinski definition) is 2. The Morgan fingerprint density at radius 1 is 1.16 bits per heavy atom. The lowest BCUT2D eigenvalue weighted by Crippen LogP contribution is -2.07. The van der Waals surface area contributed by atoms with Crippen LogP contribution in [0.1, 0.15) is 28.2 Å². The third-order valence-electron chi connectivity index (χ3n) is 2.75. The van der Waals surface area contributed by atoms with E-state index in [9.17, 15) is 4.79 Å². The van der Waals surface area contributed by atoms with Crippen molar-refractivity contribution >= 4 is 17.4 Å². The molecule has 2 aromatic rings. The number of halogens is 1. The second-order valence-corrected chi connectivity index (χ2v) is 4.53. The molecule has 0 aliphatic rings. The molecule has 0 radical (unpaired) electrons. The minimum absolute atomic E-state index is 0.116. The molecule has 0 aliphatic heterocycles. The van der Waals surface area contributed by atoms with E-state index in [1.807, 2.05) is 43.3 Å². The zero-order chi connectivity index (χ0) is 13.7. The Labute approximate surface area is 118 Å². The van der Waals surface area contributed by atoms with E-state index in [0.29, 0.717) is 17.9 Å². The number of rotatable bonds is 5. The van der Waals surface area contributed by atoms with E-state index in [1.54, 1.807) is 18.2 Å². The fourth-order valence-electron chi connectivity index (χ4n) is 1.83. The molecule has 3 heteroatoms. The first-order valence-corrected chi connectivity index (χ1v) is 6.62. The number of carbonyl (C=O) groups excluding carboxylic acids is 1. The van der Waals surface area contributed by atoms with Crippen LogP contribution in [0.3, 0.4) is 0 Å². The number of ether oxygens (including phenoxy) is 1. The van der Waals surface area contributed by atoms with Crippen molar-refractivity contribution in [2.45, 2.75) is 12.3 Å². The van der Waals surface area contributed by atoms with Crippen molar-refractivity contribution < 1.29 is 9.53 Å². The smallest absolute Gasteiger partial charge is 0.185 e. The second-order valence-electron chi connectivity index (χ2n) is 4.10. The first-order valence-electron chi connectivity index (χ1n) is 6.18. The number of carbonyl (C=O) groups is 1. The summed E-state index contributed by atoms with van der Waals surface area (Å²) in [5.41, 5.74) is 1.37. The van der Waals surface area contributed by atoms with Gasteiger partial charge in [0.15, 0.2) is 5.78 Å². The number of ketones is 1. The van der Waals surface area contributed by atoms with E-state index in [1.165, 1.54) is 0 Å². The van der Waals surface area contributed by atoms with Gasteiger partial charge < -0.3 is 4.74 Å². The minimum atomic E-state index is -0.668. The number of benzene rings is 2. The van der Waals surface area contributed by atoms with Gasteiger partial charge in [0.1, 0.15) is 11.1 Å². The molecule has 0 aromatic heterocycles. The van der Waals surface area contributed by atoms with E-state index < -0.39 is 5.38 Å². The monoisotopic (exact) mass is 274 g/mol.